The normalized spacial score (nSPS) is 12.8. The van der Waals surface area contributed by atoms with Gasteiger partial charge in [0.05, 0.1) is 11.3 Å². The Morgan fingerprint density at radius 3 is 2.05 bits per heavy atom. The molecule has 0 saturated heterocycles. The summed E-state index contributed by atoms with van der Waals surface area (Å²) in [5, 5.41) is 9.90. The third-order valence-electron chi connectivity index (χ3n) is 2.81. The summed E-state index contributed by atoms with van der Waals surface area (Å²) in [6.45, 7) is 4.78. The van der Waals surface area contributed by atoms with Gasteiger partial charge in [-0.1, -0.05) is 0 Å². The molecule has 2 rings (SSSR count). The molecule has 108 valence electrons. The Labute approximate surface area is 114 Å². The monoisotopic (exact) mass is 285 g/mol. The van der Waals surface area contributed by atoms with Crippen LogP contribution in [0.3, 0.4) is 0 Å². The van der Waals surface area contributed by atoms with E-state index in [1.165, 1.54) is 12.1 Å². The third kappa shape index (κ3) is 2.85. The zero-order chi connectivity index (χ0) is 15.1. The van der Waals surface area contributed by atoms with Gasteiger partial charge in [-0.2, -0.15) is 13.2 Å². The lowest BCUT2D eigenvalue weighted by Crippen LogP contribution is -2.15. The Morgan fingerprint density at radius 1 is 1.10 bits per heavy atom. The van der Waals surface area contributed by atoms with E-state index in [4.69, 9.17) is 4.42 Å². The van der Waals surface area contributed by atoms with Crippen molar-refractivity contribution in [2.75, 3.05) is 0 Å². The van der Waals surface area contributed by atoms with Gasteiger partial charge in [0.2, 0.25) is 5.89 Å². The Balaban J connectivity index is 2.38. The molecule has 20 heavy (non-hydrogen) atoms. The minimum absolute atomic E-state index is 0.188. The van der Waals surface area contributed by atoms with Crippen LogP contribution in [0.2, 0.25) is 0 Å². The second kappa shape index (κ2) is 4.63. The highest BCUT2D eigenvalue weighted by Gasteiger charge is 2.30. The number of aryl methyl sites for hydroxylation is 1. The zero-order valence-electron chi connectivity index (χ0n) is 11.2. The fraction of sp³-hybridized carbons (Fsp3) is 0.357. The molecule has 0 aliphatic carbocycles. The van der Waals surface area contributed by atoms with E-state index in [0.717, 1.165) is 12.1 Å². The van der Waals surface area contributed by atoms with Crippen molar-refractivity contribution in [3.05, 3.63) is 41.3 Å². The predicted octanol–water partition coefficient (Wildman–Crippen LogP) is 3.90. The first-order valence-corrected chi connectivity index (χ1v) is 5.97. The van der Waals surface area contributed by atoms with E-state index >= 15 is 0 Å². The summed E-state index contributed by atoms with van der Waals surface area (Å²) in [6.07, 6.45) is -4.37. The van der Waals surface area contributed by atoms with Gasteiger partial charge in [-0.25, -0.2) is 4.98 Å². The largest absolute Gasteiger partial charge is 0.438 e. The molecule has 0 saturated carbocycles. The predicted molar refractivity (Wildman–Crippen MR) is 66.9 cm³/mol. The smallest absolute Gasteiger partial charge is 0.416 e. The third-order valence-corrected chi connectivity index (χ3v) is 2.81. The molecule has 0 bridgehead atoms. The molecule has 6 heteroatoms. The standard InChI is InChI=1S/C14H14F3NO2/c1-8-11(13(2,3)19)20-12(18-8)9-4-6-10(7-5-9)14(15,16)17/h4-7,19H,1-3H3. The lowest BCUT2D eigenvalue weighted by molar-refractivity contribution is -0.137. The number of rotatable bonds is 2. The summed E-state index contributed by atoms with van der Waals surface area (Å²) in [4.78, 5) is 4.13. The summed E-state index contributed by atoms with van der Waals surface area (Å²) in [6, 6.07) is 4.53. The molecule has 1 aromatic carbocycles. The second-order valence-electron chi connectivity index (χ2n) is 5.07. The Bertz CT molecular complexity index is 607. The van der Waals surface area contributed by atoms with E-state index in [1.807, 2.05) is 0 Å². The number of benzene rings is 1. The highest BCUT2D eigenvalue weighted by Crippen LogP contribution is 2.32. The van der Waals surface area contributed by atoms with Crippen LogP contribution in [0.4, 0.5) is 13.2 Å². The Kier molecular flexibility index (Phi) is 3.37. The minimum Gasteiger partial charge on any atom is -0.438 e. The van der Waals surface area contributed by atoms with Gasteiger partial charge in [-0.3, -0.25) is 0 Å². The number of aromatic nitrogens is 1. The maximum absolute atomic E-state index is 12.5. The fourth-order valence-corrected chi connectivity index (χ4v) is 1.89. The summed E-state index contributed by atoms with van der Waals surface area (Å²) in [5.74, 6) is 0.487. The van der Waals surface area contributed by atoms with Gasteiger partial charge in [0.15, 0.2) is 5.76 Å². The number of hydrogen-bond acceptors (Lipinski definition) is 3. The van der Waals surface area contributed by atoms with Crippen LogP contribution >= 0.6 is 0 Å². The van der Waals surface area contributed by atoms with Gasteiger partial charge >= 0.3 is 6.18 Å². The van der Waals surface area contributed by atoms with Gasteiger partial charge in [0, 0.05) is 5.56 Å². The van der Waals surface area contributed by atoms with E-state index in [0.29, 0.717) is 17.0 Å². The summed E-state index contributed by atoms with van der Waals surface area (Å²) >= 11 is 0. The molecule has 1 heterocycles. The van der Waals surface area contributed by atoms with Crippen LogP contribution in [0.1, 0.15) is 30.9 Å². The van der Waals surface area contributed by atoms with Crippen molar-refractivity contribution in [3.63, 3.8) is 0 Å². The van der Waals surface area contributed by atoms with Gasteiger partial charge < -0.3 is 9.52 Å². The topological polar surface area (TPSA) is 46.3 Å². The van der Waals surface area contributed by atoms with E-state index in [-0.39, 0.29) is 5.89 Å². The first-order chi connectivity index (χ1) is 9.09. The lowest BCUT2D eigenvalue weighted by atomic mass is 10.1. The molecule has 1 N–H and O–H groups in total. The van der Waals surface area contributed by atoms with Crippen LogP contribution < -0.4 is 0 Å². The molecule has 0 unspecified atom stereocenters. The molecule has 3 nitrogen and oxygen atoms in total. The second-order valence-corrected chi connectivity index (χ2v) is 5.07. The maximum atomic E-state index is 12.5. The molecule has 0 radical (unpaired) electrons. The zero-order valence-corrected chi connectivity index (χ0v) is 11.2. The number of nitrogens with zero attached hydrogens (tertiary/aromatic N) is 1. The number of aliphatic hydroxyl groups is 1. The van der Waals surface area contributed by atoms with Crippen molar-refractivity contribution in [2.45, 2.75) is 32.5 Å². The van der Waals surface area contributed by atoms with E-state index in [2.05, 4.69) is 4.98 Å². The van der Waals surface area contributed by atoms with Crippen molar-refractivity contribution < 1.29 is 22.7 Å². The maximum Gasteiger partial charge on any atom is 0.416 e. The molecule has 2 aromatic rings. The lowest BCUT2D eigenvalue weighted by Gasteiger charge is -2.13. The van der Waals surface area contributed by atoms with Gasteiger partial charge in [-0.15, -0.1) is 0 Å². The summed E-state index contributed by atoms with van der Waals surface area (Å²) < 4.78 is 42.9. The van der Waals surface area contributed by atoms with Crippen molar-refractivity contribution in [3.8, 4) is 11.5 Å². The van der Waals surface area contributed by atoms with E-state index in [1.54, 1.807) is 20.8 Å². The molecular formula is C14H14F3NO2. The first-order valence-electron chi connectivity index (χ1n) is 5.97. The van der Waals surface area contributed by atoms with Crippen LogP contribution in [0, 0.1) is 6.92 Å². The molecule has 0 spiro atoms. The van der Waals surface area contributed by atoms with Crippen LogP contribution in [0.15, 0.2) is 28.7 Å². The molecule has 0 aliphatic heterocycles. The number of halogens is 3. The SMILES string of the molecule is Cc1nc(-c2ccc(C(F)(F)F)cc2)oc1C(C)(C)O. The van der Waals surface area contributed by atoms with Crippen molar-refractivity contribution >= 4 is 0 Å². The van der Waals surface area contributed by atoms with Crippen LogP contribution in [0.5, 0.6) is 0 Å². The van der Waals surface area contributed by atoms with Crippen molar-refractivity contribution in [1.82, 2.24) is 4.98 Å². The van der Waals surface area contributed by atoms with Gasteiger partial charge in [0.1, 0.15) is 5.60 Å². The first kappa shape index (κ1) is 14.6. The van der Waals surface area contributed by atoms with Gasteiger partial charge in [-0.05, 0) is 45.0 Å². The van der Waals surface area contributed by atoms with E-state index < -0.39 is 17.3 Å². The van der Waals surface area contributed by atoms with Crippen molar-refractivity contribution in [2.24, 2.45) is 0 Å². The molecule has 0 amide bonds. The molecule has 0 aliphatic rings. The molecule has 1 aromatic heterocycles. The minimum atomic E-state index is -4.37. The Morgan fingerprint density at radius 2 is 1.65 bits per heavy atom. The van der Waals surface area contributed by atoms with Gasteiger partial charge in [0.25, 0.3) is 0 Å². The Hall–Kier alpha value is -1.82. The number of alkyl halides is 3. The fourth-order valence-electron chi connectivity index (χ4n) is 1.89. The quantitative estimate of drug-likeness (QED) is 0.910. The molecule has 0 fully saturated rings. The average molecular weight is 285 g/mol. The molecule has 0 atom stereocenters. The molecular weight excluding hydrogens is 271 g/mol. The number of hydrogen-bond donors (Lipinski definition) is 1. The van der Waals surface area contributed by atoms with E-state index in [9.17, 15) is 18.3 Å². The van der Waals surface area contributed by atoms with Crippen LogP contribution in [-0.4, -0.2) is 10.1 Å². The van der Waals surface area contributed by atoms with Crippen LogP contribution in [-0.2, 0) is 11.8 Å². The highest BCUT2D eigenvalue weighted by molar-refractivity contribution is 5.54. The number of oxazole rings is 1. The van der Waals surface area contributed by atoms with Crippen LogP contribution in [0.25, 0.3) is 11.5 Å². The van der Waals surface area contributed by atoms with Crippen molar-refractivity contribution in [1.29, 1.82) is 0 Å². The summed E-state index contributed by atoms with van der Waals surface area (Å²) in [5.41, 5.74) is -0.988. The highest BCUT2D eigenvalue weighted by atomic mass is 19.4. The summed E-state index contributed by atoms with van der Waals surface area (Å²) in [7, 11) is 0. The average Bonchev–Trinajstić information content (AvgIpc) is 2.70.